The molecule has 142 valence electrons. The van der Waals surface area contributed by atoms with Crippen molar-refractivity contribution in [3.8, 4) is 5.75 Å². The lowest BCUT2D eigenvalue weighted by molar-refractivity contribution is 0.304. The van der Waals surface area contributed by atoms with Crippen LogP contribution in [0.15, 0.2) is 38.6 Å². The van der Waals surface area contributed by atoms with Gasteiger partial charge in [0.1, 0.15) is 11.4 Å². The Morgan fingerprint density at radius 3 is 2.29 bits per heavy atom. The molecule has 0 atom stereocenters. The van der Waals surface area contributed by atoms with Crippen LogP contribution in [0.25, 0.3) is 11.3 Å². The first-order valence-electron chi connectivity index (χ1n) is 8.15. The predicted octanol–water partition coefficient (Wildman–Crippen LogP) is 2.29. The average Bonchev–Trinajstić information content (AvgIpc) is 3.34. The summed E-state index contributed by atoms with van der Waals surface area (Å²) < 4.78 is 14.6. The number of nitrogens with zero attached hydrogens (tertiary/aromatic N) is 7. The monoisotopic (exact) mass is 381 g/mol. The Kier molecular flexibility index (Phi) is 4.50. The van der Waals surface area contributed by atoms with Crippen LogP contribution in [-0.2, 0) is 0 Å². The van der Waals surface area contributed by atoms with Gasteiger partial charge in [-0.1, -0.05) is 5.16 Å². The molecular formula is C16H15N9O3. The van der Waals surface area contributed by atoms with Gasteiger partial charge in [0, 0.05) is 5.69 Å². The summed E-state index contributed by atoms with van der Waals surface area (Å²) in [5, 5.41) is 22.4. The van der Waals surface area contributed by atoms with Crippen molar-refractivity contribution in [2.24, 2.45) is 5.10 Å². The summed E-state index contributed by atoms with van der Waals surface area (Å²) in [6.45, 7) is 3.54. The van der Waals surface area contributed by atoms with Gasteiger partial charge in [0.25, 0.3) is 0 Å². The quantitative estimate of drug-likeness (QED) is 0.374. The minimum atomic E-state index is 0.245. The molecule has 0 fully saturated rings. The number of anilines is 3. The van der Waals surface area contributed by atoms with Gasteiger partial charge in [0.15, 0.2) is 17.3 Å². The van der Waals surface area contributed by atoms with Crippen molar-refractivity contribution >= 4 is 34.3 Å². The molecule has 4 aromatic rings. The second kappa shape index (κ2) is 7.26. The van der Waals surface area contributed by atoms with Gasteiger partial charge in [-0.3, -0.25) is 5.43 Å². The molecule has 28 heavy (non-hydrogen) atoms. The van der Waals surface area contributed by atoms with E-state index in [9.17, 15) is 0 Å². The number of ether oxygens (including phenoxy) is 1. The zero-order valence-corrected chi connectivity index (χ0v) is 15.2. The molecule has 0 spiro atoms. The van der Waals surface area contributed by atoms with Crippen LogP contribution >= 0.6 is 0 Å². The van der Waals surface area contributed by atoms with Crippen LogP contribution in [0.4, 0.5) is 17.3 Å². The van der Waals surface area contributed by atoms with E-state index in [0.29, 0.717) is 28.7 Å². The highest BCUT2D eigenvalue weighted by molar-refractivity contribution is 5.98. The number of methoxy groups -OCH3 is 1. The lowest BCUT2D eigenvalue weighted by Gasteiger charge is -2.10. The highest BCUT2D eigenvalue weighted by atomic mass is 16.6. The van der Waals surface area contributed by atoms with E-state index in [1.165, 1.54) is 0 Å². The molecule has 12 nitrogen and oxygen atoms in total. The van der Waals surface area contributed by atoms with E-state index < -0.39 is 0 Å². The standard InChI is InChI=1S/C16H15N9O3/c1-8(12-9(2)22-27-23-12)20-21-14-13(18-15-16(19-14)25-28-24-15)17-10-4-6-11(26-3)7-5-10/h4-7H,1-3H3,(H,17,18,24)(H,19,21,25)/b20-8+. The minimum absolute atomic E-state index is 0.245. The highest BCUT2D eigenvalue weighted by Crippen LogP contribution is 2.25. The molecule has 0 amide bonds. The smallest absolute Gasteiger partial charge is 0.245 e. The Hall–Kier alpha value is -4.09. The Morgan fingerprint density at radius 2 is 1.64 bits per heavy atom. The van der Waals surface area contributed by atoms with Crippen molar-refractivity contribution in [1.29, 1.82) is 0 Å². The largest absolute Gasteiger partial charge is 0.497 e. The lowest BCUT2D eigenvalue weighted by Crippen LogP contribution is -2.06. The van der Waals surface area contributed by atoms with E-state index in [2.05, 4.69) is 46.4 Å². The summed E-state index contributed by atoms with van der Waals surface area (Å²) in [7, 11) is 1.61. The average molecular weight is 381 g/mol. The van der Waals surface area contributed by atoms with Crippen LogP contribution in [0.3, 0.4) is 0 Å². The fourth-order valence-electron chi connectivity index (χ4n) is 2.36. The number of hydrogen-bond acceptors (Lipinski definition) is 12. The first kappa shape index (κ1) is 17.3. The molecule has 3 heterocycles. The van der Waals surface area contributed by atoms with Crippen molar-refractivity contribution in [2.45, 2.75) is 13.8 Å². The number of aromatic nitrogens is 6. The number of rotatable bonds is 6. The molecule has 12 heteroatoms. The van der Waals surface area contributed by atoms with Gasteiger partial charge < -0.3 is 10.1 Å². The molecule has 0 bridgehead atoms. The molecule has 0 aliphatic rings. The third-order valence-corrected chi connectivity index (χ3v) is 3.79. The second-order valence-corrected chi connectivity index (χ2v) is 5.69. The maximum absolute atomic E-state index is 5.17. The molecule has 0 unspecified atom stereocenters. The van der Waals surface area contributed by atoms with E-state index in [0.717, 1.165) is 11.4 Å². The molecule has 3 aromatic heterocycles. The Balaban J connectivity index is 1.65. The van der Waals surface area contributed by atoms with Gasteiger partial charge in [0.05, 0.1) is 12.8 Å². The molecule has 2 N–H and O–H groups in total. The van der Waals surface area contributed by atoms with Crippen LogP contribution in [0.2, 0.25) is 0 Å². The minimum Gasteiger partial charge on any atom is -0.497 e. The van der Waals surface area contributed by atoms with Crippen LogP contribution < -0.4 is 15.5 Å². The summed E-state index contributed by atoms with van der Waals surface area (Å²) in [5.41, 5.74) is 5.87. The molecule has 1 aromatic carbocycles. The van der Waals surface area contributed by atoms with Crippen molar-refractivity contribution < 1.29 is 14.0 Å². The predicted molar refractivity (Wildman–Crippen MR) is 98.5 cm³/mol. The Bertz CT molecular complexity index is 1130. The van der Waals surface area contributed by atoms with Crippen LogP contribution in [-0.4, -0.2) is 43.4 Å². The SMILES string of the molecule is COc1ccc(Nc2nc3nonc3nc2N/N=C(\C)c2nonc2C)cc1. The normalized spacial score (nSPS) is 11.6. The molecule has 0 saturated carbocycles. The number of hydrazone groups is 1. The molecular weight excluding hydrogens is 366 g/mol. The maximum atomic E-state index is 5.17. The number of hydrogen-bond donors (Lipinski definition) is 2. The topological polar surface area (TPSA) is 149 Å². The van der Waals surface area contributed by atoms with E-state index in [1.54, 1.807) is 21.0 Å². The van der Waals surface area contributed by atoms with Crippen molar-refractivity contribution in [2.75, 3.05) is 17.9 Å². The maximum Gasteiger partial charge on any atom is 0.245 e. The van der Waals surface area contributed by atoms with Crippen LogP contribution in [0.5, 0.6) is 5.75 Å². The number of fused-ring (bicyclic) bond motifs is 1. The Morgan fingerprint density at radius 1 is 0.964 bits per heavy atom. The van der Waals surface area contributed by atoms with Gasteiger partial charge in [-0.25, -0.2) is 14.2 Å². The van der Waals surface area contributed by atoms with E-state index in [1.807, 2.05) is 24.3 Å². The molecule has 0 aliphatic heterocycles. The zero-order valence-electron chi connectivity index (χ0n) is 15.2. The van der Waals surface area contributed by atoms with Gasteiger partial charge in [-0.05, 0) is 53.6 Å². The summed E-state index contributed by atoms with van der Waals surface area (Å²) >= 11 is 0. The van der Waals surface area contributed by atoms with Crippen LogP contribution in [0, 0.1) is 6.92 Å². The second-order valence-electron chi connectivity index (χ2n) is 5.69. The Labute approximate surface area is 157 Å². The van der Waals surface area contributed by atoms with Gasteiger partial charge in [0.2, 0.25) is 11.3 Å². The van der Waals surface area contributed by atoms with Crippen LogP contribution in [0.1, 0.15) is 18.3 Å². The van der Waals surface area contributed by atoms with Crippen molar-refractivity contribution in [1.82, 2.24) is 30.6 Å². The molecule has 0 aliphatic carbocycles. The summed E-state index contributed by atoms with van der Waals surface area (Å²) in [6, 6.07) is 7.33. The first-order chi connectivity index (χ1) is 13.6. The van der Waals surface area contributed by atoms with E-state index in [4.69, 9.17) is 14.0 Å². The molecule has 0 radical (unpaired) electrons. The number of benzene rings is 1. The van der Waals surface area contributed by atoms with E-state index in [-0.39, 0.29) is 11.3 Å². The van der Waals surface area contributed by atoms with Gasteiger partial charge >= 0.3 is 0 Å². The number of aryl methyl sites for hydroxylation is 1. The third-order valence-electron chi connectivity index (χ3n) is 3.79. The van der Waals surface area contributed by atoms with Crippen molar-refractivity contribution in [3.63, 3.8) is 0 Å². The van der Waals surface area contributed by atoms with Gasteiger partial charge in [-0.2, -0.15) is 10.1 Å². The summed E-state index contributed by atoms with van der Waals surface area (Å²) in [5.74, 6) is 1.45. The highest BCUT2D eigenvalue weighted by Gasteiger charge is 2.14. The van der Waals surface area contributed by atoms with Gasteiger partial charge in [-0.15, -0.1) is 0 Å². The third kappa shape index (κ3) is 3.42. The molecule has 4 rings (SSSR count). The summed E-state index contributed by atoms with van der Waals surface area (Å²) in [4.78, 5) is 8.73. The number of nitrogens with one attached hydrogen (secondary N) is 2. The zero-order chi connectivity index (χ0) is 19.5. The fraction of sp³-hybridized carbons (Fsp3) is 0.188. The van der Waals surface area contributed by atoms with Crippen molar-refractivity contribution in [3.05, 3.63) is 35.7 Å². The van der Waals surface area contributed by atoms with E-state index >= 15 is 0 Å². The fourth-order valence-corrected chi connectivity index (χ4v) is 2.36. The summed E-state index contributed by atoms with van der Waals surface area (Å²) in [6.07, 6.45) is 0. The lowest BCUT2D eigenvalue weighted by atomic mass is 10.2. The first-order valence-corrected chi connectivity index (χ1v) is 8.15. The molecule has 0 saturated heterocycles.